The number of rotatable bonds is 7. The first-order valence-electron chi connectivity index (χ1n) is 6.09. The minimum Gasteiger partial charge on any atom is -0.481 e. The molecule has 2 nitrogen and oxygen atoms in total. The van der Waals surface area contributed by atoms with Crippen LogP contribution in [0.4, 0.5) is 0 Å². The number of unbranched alkanes of at least 4 members (excludes halogenated alkanes) is 5. The molecule has 0 aromatic rings. The molecule has 0 N–H and O–H groups in total. The molecule has 0 saturated heterocycles. The largest absolute Gasteiger partial charge is 0.481 e. The van der Waals surface area contributed by atoms with E-state index in [2.05, 4.69) is 11.9 Å². The molecule has 0 unspecified atom stereocenters. The summed E-state index contributed by atoms with van der Waals surface area (Å²) < 4.78 is 5.46. The molecule has 0 spiro atoms. The SMILES string of the molecule is CCCCCCCCC1=NCCCO1. The van der Waals surface area contributed by atoms with Gasteiger partial charge in [-0.05, 0) is 6.42 Å². The summed E-state index contributed by atoms with van der Waals surface area (Å²) in [6.45, 7) is 4.12. The number of nitrogens with zero attached hydrogens (tertiary/aromatic N) is 1. The van der Waals surface area contributed by atoms with E-state index in [-0.39, 0.29) is 0 Å². The van der Waals surface area contributed by atoms with Crippen molar-refractivity contribution < 1.29 is 4.74 Å². The van der Waals surface area contributed by atoms with Crippen LogP contribution < -0.4 is 0 Å². The average Bonchev–Trinajstić information content (AvgIpc) is 2.25. The summed E-state index contributed by atoms with van der Waals surface area (Å²) in [5, 5.41) is 0. The zero-order valence-corrected chi connectivity index (χ0v) is 9.43. The van der Waals surface area contributed by atoms with Gasteiger partial charge in [-0.15, -0.1) is 0 Å². The fourth-order valence-corrected chi connectivity index (χ4v) is 1.71. The lowest BCUT2D eigenvalue weighted by atomic mass is 10.1. The number of hydrogen-bond acceptors (Lipinski definition) is 2. The molecule has 82 valence electrons. The normalized spacial score (nSPS) is 16.2. The molecule has 0 radical (unpaired) electrons. The van der Waals surface area contributed by atoms with Gasteiger partial charge in [0.2, 0.25) is 0 Å². The van der Waals surface area contributed by atoms with Crippen LogP contribution in [0.3, 0.4) is 0 Å². The molecule has 0 aromatic heterocycles. The summed E-state index contributed by atoms with van der Waals surface area (Å²) >= 11 is 0. The molecule has 0 fully saturated rings. The quantitative estimate of drug-likeness (QED) is 0.572. The van der Waals surface area contributed by atoms with Crippen molar-refractivity contribution in [3.05, 3.63) is 0 Å². The minimum atomic E-state index is 0.884. The summed E-state index contributed by atoms with van der Waals surface area (Å²) in [4.78, 5) is 4.36. The summed E-state index contributed by atoms with van der Waals surface area (Å²) in [6, 6.07) is 0. The van der Waals surface area contributed by atoms with E-state index >= 15 is 0 Å². The Morgan fingerprint density at radius 1 is 1.14 bits per heavy atom. The van der Waals surface area contributed by atoms with Gasteiger partial charge >= 0.3 is 0 Å². The molecule has 1 aliphatic rings. The Labute approximate surface area is 87.8 Å². The average molecular weight is 197 g/mol. The molecule has 1 heterocycles. The van der Waals surface area contributed by atoms with E-state index in [4.69, 9.17) is 4.74 Å². The molecule has 2 heteroatoms. The highest BCUT2D eigenvalue weighted by Crippen LogP contribution is 2.09. The van der Waals surface area contributed by atoms with Crippen molar-refractivity contribution >= 4 is 5.90 Å². The Hall–Kier alpha value is -0.530. The van der Waals surface area contributed by atoms with Gasteiger partial charge in [-0.2, -0.15) is 0 Å². The van der Waals surface area contributed by atoms with Gasteiger partial charge in [-0.3, -0.25) is 4.99 Å². The Morgan fingerprint density at radius 2 is 1.93 bits per heavy atom. The minimum absolute atomic E-state index is 0.884. The van der Waals surface area contributed by atoms with Crippen LogP contribution in [0, 0.1) is 0 Å². The predicted molar refractivity (Wildman–Crippen MR) is 60.9 cm³/mol. The van der Waals surface area contributed by atoms with E-state index in [9.17, 15) is 0 Å². The summed E-state index contributed by atoms with van der Waals surface area (Å²) in [6.07, 6.45) is 10.2. The summed E-state index contributed by atoms with van der Waals surface area (Å²) in [5.41, 5.74) is 0. The fraction of sp³-hybridized carbons (Fsp3) is 0.917. The monoisotopic (exact) mass is 197 g/mol. The highest BCUT2D eigenvalue weighted by molar-refractivity contribution is 5.76. The summed E-state index contributed by atoms with van der Waals surface area (Å²) in [5.74, 6) is 1.01. The van der Waals surface area contributed by atoms with E-state index in [1.807, 2.05) is 0 Å². The third kappa shape index (κ3) is 5.25. The number of aliphatic imine (C=N–C) groups is 1. The van der Waals surface area contributed by atoms with Gasteiger partial charge in [0.15, 0.2) is 5.90 Å². The maximum atomic E-state index is 5.46. The van der Waals surface area contributed by atoms with Crippen molar-refractivity contribution in [3.8, 4) is 0 Å². The maximum absolute atomic E-state index is 5.46. The number of ether oxygens (including phenoxy) is 1. The topological polar surface area (TPSA) is 21.6 Å². The highest BCUT2D eigenvalue weighted by Gasteiger charge is 2.04. The van der Waals surface area contributed by atoms with Crippen molar-refractivity contribution in [2.24, 2.45) is 4.99 Å². The Bertz CT molecular complexity index is 166. The third-order valence-corrected chi connectivity index (χ3v) is 2.60. The first kappa shape index (κ1) is 11.5. The lowest BCUT2D eigenvalue weighted by Gasteiger charge is -2.13. The molecule has 14 heavy (non-hydrogen) atoms. The second-order valence-corrected chi connectivity index (χ2v) is 4.00. The molecule has 0 atom stereocenters. The molecule has 0 amide bonds. The van der Waals surface area contributed by atoms with Crippen LogP contribution in [-0.4, -0.2) is 19.0 Å². The van der Waals surface area contributed by atoms with Gasteiger partial charge in [0.25, 0.3) is 0 Å². The molecule has 1 aliphatic heterocycles. The van der Waals surface area contributed by atoms with Crippen molar-refractivity contribution in [2.45, 2.75) is 58.3 Å². The van der Waals surface area contributed by atoms with Gasteiger partial charge in [-0.1, -0.05) is 39.0 Å². The smallest absolute Gasteiger partial charge is 0.183 e. The second kappa shape index (κ2) is 7.84. The van der Waals surface area contributed by atoms with Crippen LogP contribution in [0.5, 0.6) is 0 Å². The molecule has 0 bridgehead atoms. The maximum Gasteiger partial charge on any atom is 0.183 e. The molecule has 0 saturated carbocycles. The van der Waals surface area contributed by atoms with Crippen LogP contribution in [0.25, 0.3) is 0 Å². The van der Waals surface area contributed by atoms with Gasteiger partial charge in [0.1, 0.15) is 0 Å². The van der Waals surface area contributed by atoms with Gasteiger partial charge < -0.3 is 4.74 Å². The third-order valence-electron chi connectivity index (χ3n) is 2.60. The predicted octanol–water partition coefficient (Wildman–Crippen LogP) is 3.56. The Kier molecular flexibility index (Phi) is 6.46. The van der Waals surface area contributed by atoms with E-state index < -0.39 is 0 Å². The van der Waals surface area contributed by atoms with Crippen molar-refractivity contribution in [2.75, 3.05) is 13.2 Å². The zero-order chi connectivity index (χ0) is 10.1. The first-order chi connectivity index (χ1) is 6.93. The van der Waals surface area contributed by atoms with Crippen LogP contribution in [-0.2, 0) is 4.74 Å². The van der Waals surface area contributed by atoms with Crippen LogP contribution >= 0.6 is 0 Å². The Balaban J connectivity index is 1.90. The number of hydrogen-bond donors (Lipinski definition) is 0. The highest BCUT2D eigenvalue weighted by atomic mass is 16.5. The molecule has 1 rings (SSSR count). The van der Waals surface area contributed by atoms with Crippen molar-refractivity contribution in [1.29, 1.82) is 0 Å². The molecular weight excluding hydrogens is 174 g/mol. The van der Waals surface area contributed by atoms with Gasteiger partial charge in [0, 0.05) is 19.4 Å². The molecule has 0 aromatic carbocycles. The van der Waals surface area contributed by atoms with E-state index in [0.29, 0.717) is 0 Å². The molecule has 0 aliphatic carbocycles. The zero-order valence-electron chi connectivity index (χ0n) is 9.43. The standard InChI is InChI=1S/C12H23NO/c1-2-3-4-5-6-7-9-12-13-10-8-11-14-12/h2-11H2,1H3. The Morgan fingerprint density at radius 3 is 2.64 bits per heavy atom. The van der Waals surface area contributed by atoms with Crippen molar-refractivity contribution in [1.82, 2.24) is 0 Å². The van der Waals surface area contributed by atoms with Gasteiger partial charge in [0.05, 0.1) is 6.61 Å². The fourth-order valence-electron chi connectivity index (χ4n) is 1.71. The van der Waals surface area contributed by atoms with Crippen LogP contribution in [0.2, 0.25) is 0 Å². The lowest BCUT2D eigenvalue weighted by molar-refractivity contribution is 0.272. The first-order valence-corrected chi connectivity index (χ1v) is 6.09. The lowest BCUT2D eigenvalue weighted by Crippen LogP contribution is -2.13. The van der Waals surface area contributed by atoms with E-state index in [1.165, 1.54) is 38.5 Å². The van der Waals surface area contributed by atoms with Crippen LogP contribution in [0.1, 0.15) is 58.3 Å². The summed E-state index contributed by atoms with van der Waals surface area (Å²) in [7, 11) is 0. The van der Waals surface area contributed by atoms with E-state index in [0.717, 1.165) is 31.9 Å². The second-order valence-electron chi connectivity index (χ2n) is 4.00. The molecular formula is C12H23NO. The van der Waals surface area contributed by atoms with E-state index in [1.54, 1.807) is 0 Å². The van der Waals surface area contributed by atoms with Gasteiger partial charge in [-0.25, -0.2) is 0 Å². The van der Waals surface area contributed by atoms with Crippen LogP contribution in [0.15, 0.2) is 4.99 Å². The van der Waals surface area contributed by atoms with Crippen molar-refractivity contribution in [3.63, 3.8) is 0 Å².